The zero-order chi connectivity index (χ0) is 13.2. The van der Waals surface area contributed by atoms with Crippen LogP contribution in [0.5, 0.6) is 0 Å². The molecule has 1 amide bonds. The fourth-order valence-electron chi connectivity index (χ4n) is 4.12. The minimum atomic E-state index is -0.224. The predicted octanol–water partition coefficient (Wildman–Crippen LogP) is 1.33. The van der Waals surface area contributed by atoms with Gasteiger partial charge in [-0.25, -0.2) is 0 Å². The number of hydrogen-bond acceptors (Lipinski definition) is 3. The van der Waals surface area contributed by atoms with Crippen molar-refractivity contribution in [2.45, 2.75) is 82.0 Å². The molecule has 4 nitrogen and oxygen atoms in total. The first-order valence-corrected chi connectivity index (χ1v) is 7.97. The van der Waals surface area contributed by atoms with Crippen molar-refractivity contribution in [3.63, 3.8) is 0 Å². The van der Waals surface area contributed by atoms with E-state index in [-0.39, 0.29) is 24.1 Å². The average molecular weight is 266 g/mol. The molecular weight excluding hydrogens is 240 g/mol. The van der Waals surface area contributed by atoms with E-state index in [0.29, 0.717) is 12.0 Å². The van der Waals surface area contributed by atoms with Crippen molar-refractivity contribution in [2.75, 3.05) is 0 Å². The van der Waals surface area contributed by atoms with E-state index in [0.717, 1.165) is 32.1 Å². The Balaban J connectivity index is 1.50. The van der Waals surface area contributed by atoms with Gasteiger partial charge in [-0.2, -0.15) is 0 Å². The van der Waals surface area contributed by atoms with E-state index in [9.17, 15) is 9.90 Å². The molecule has 0 bridgehead atoms. The van der Waals surface area contributed by atoms with Gasteiger partial charge in [0, 0.05) is 12.1 Å². The molecule has 4 heteroatoms. The first-order chi connectivity index (χ1) is 9.22. The lowest BCUT2D eigenvalue weighted by Crippen LogP contribution is -2.48. The maximum absolute atomic E-state index is 12.3. The molecule has 3 rings (SSSR count). The number of fused-ring (bicyclic) bond motifs is 1. The number of hydrogen-bond donors (Lipinski definition) is 3. The highest BCUT2D eigenvalue weighted by Gasteiger charge is 2.38. The van der Waals surface area contributed by atoms with Crippen molar-refractivity contribution in [1.29, 1.82) is 0 Å². The second-order valence-corrected chi connectivity index (χ2v) is 6.63. The molecule has 0 aromatic heterocycles. The van der Waals surface area contributed by atoms with Crippen molar-refractivity contribution in [2.24, 2.45) is 5.92 Å². The van der Waals surface area contributed by atoms with Gasteiger partial charge in [0.1, 0.15) is 0 Å². The summed E-state index contributed by atoms with van der Waals surface area (Å²) in [5.74, 6) is 0.870. The zero-order valence-electron chi connectivity index (χ0n) is 11.6. The maximum Gasteiger partial charge on any atom is 0.237 e. The monoisotopic (exact) mass is 266 g/mol. The highest BCUT2D eigenvalue weighted by molar-refractivity contribution is 5.82. The molecule has 3 fully saturated rings. The molecule has 3 aliphatic rings. The van der Waals surface area contributed by atoms with E-state index in [2.05, 4.69) is 10.6 Å². The van der Waals surface area contributed by atoms with Gasteiger partial charge in [0.25, 0.3) is 0 Å². The Morgan fingerprint density at radius 1 is 1.05 bits per heavy atom. The summed E-state index contributed by atoms with van der Waals surface area (Å²) in [4.78, 5) is 12.3. The minimum Gasteiger partial charge on any atom is -0.393 e. The van der Waals surface area contributed by atoms with Crippen LogP contribution in [0.3, 0.4) is 0 Å². The van der Waals surface area contributed by atoms with Crippen LogP contribution in [0.15, 0.2) is 0 Å². The Bertz CT molecular complexity index is 320. The van der Waals surface area contributed by atoms with Crippen LogP contribution >= 0.6 is 0 Å². The van der Waals surface area contributed by atoms with E-state index < -0.39 is 0 Å². The van der Waals surface area contributed by atoms with E-state index in [1.54, 1.807) is 0 Å². The zero-order valence-corrected chi connectivity index (χ0v) is 11.6. The topological polar surface area (TPSA) is 61.4 Å². The number of carbonyl (C=O) groups excluding carboxylic acids is 1. The summed E-state index contributed by atoms with van der Waals surface area (Å²) in [6.07, 6.45) is 9.58. The summed E-state index contributed by atoms with van der Waals surface area (Å²) in [7, 11) is 0. The fraction of sp³-hybridized carbons (Fsp3) is 0.933. The van der Waals surface area contributed by atoms with Crippen molar-refractivity contribution < 1.29 is 9.90 Å². The van der Waals surface area contributed by atoms with E-state index in [4.69, 9.17) is 0 Å². The Labute approximate surface area is 115 Å². The highest BCUT2D eigenvalue weighted by atomic mass is 16.3. The molecule has 108 valence electrons. The lowest BCUT2D eigenvalue weighted by atomic mass is 9.85. The van der Waals surface area contributed by atoms with Crippen LogP contribution in [0.4, 0.5) is 0 Å². The molecule has 2 aliphatic carbocycles. The van der Waals surface area contributed by atoms with Crippen LogP contribution in [0.1, 0.15) is 57.8 Å². The molecule has 0 aromatic rings. The van der Waals surface area contributed by atoms with Gasteiger partial charge in [0.15, 0.2) is 0 Å². The summed E-state index contributed by atoms with van der Waals surface area (Å²) < 4.78 is 0. The molecule has 5 unspecified atom stereocenters. The second kappa shape index (κ2) is 5.80. The van der Waals surface area contributed by atoms with Crippen LogP contribution in [0, 0.1) is 5.92 Å². The molecule has 0 spiro atoms. The molecular formula is C15H26N2O2. The van der Waals surface area contributed by atoms with Crippen LogP contribution in [-0.2, 0) is 4.79 Å². The minimum absolute atomic E-state index is 0.00664. The van der Waals surface area contributed by atoms with Crippen molar-refractivity contribution >= 4 is 5.91 Å². The lowest BCUT2D eigenvalue weighted by Gasteiger charge is -2.27. The smallest absolute Gasteiger partial charge is 0.237 e. The Kier molecular flexibility index (Phi) is 4.08. The van der Waals surface area contributed by atoms with Gasteiger partial charge in [-0.15, -0.1) is 0 Å². The molecule has 3 N–H and O–H groups in total. The van der Waals surface area contributed by atoms with Crippen LogP contribution in [0.25, 0.3) is 0 Å². The Morgan fingerprint density at radius 2 is 1.89 bits per heavy atom. The van der Waals surface area contributed by atoms with E-state index in [1.165, 1.54) is 25.7 Å². The molecule has 0 aromatic carbocycles. The van der Waals surface area contributed by atoms with Gasteiger partial charge in [-0.3, -0.25) is 4.79 Å². The number of nitrogens with one attached hydrogen (secondary N) is 2. The number of aliphatic hydroxyl groups is 1. The quantitative estimate of drug-likeness (QED) is 0.706. The SMILES string of the molecule is O=C(NC1CCCC(O)C1)C1CC2CCCCC2N1. The first-order valence-electron chi connectivity index (χ1n) is 7.97. The first kappa shape index (κ1) is 13.4. The lowest BCUT2D eigenvalue weighted by molar-refractivity contribution is -0.124. The average Bonchev–Trinajstić information content (AvgIpc) is 2.82. The largest absolute Gasteiger partial charge is 0.393 e. The summed E-state index contributed by atoms with van der Waals surface area (Å²) in [6, 6.07) is 0.759. The normalized spacial score (nSPS) is 42.7. The second-order valence-electron chi connectivity index (χ2n) is 6.63. The van der Waals surface area contributed by atoms with Crippen molar-refractivity contribution in [3.05, 3.63) is 0 Å². The molecule has 1 saturated heterocycles. The Hall–Kier alpha value is -0.610. The molecule has 0 radical (unpaired) electrons. The van der Waals surface area contributed by atoms with Crippen LogP contribution < -0.4 is 10.6 Å². The van der Waals surface area contributed by atoms with Gasteiger partial charge in [-0.1, -0.05) is 12.8 Å². The van der Waals surface area contributed by atoms with Gasteiger partial charge in [0.2, 0.25) is 5.91 Å². The summed E-state index contributed by atoms with van der Waals surface area (Å²) in [5.41, 5.74) is 0. The third-order valence-electron chi connectivity index (χ3n) is 5.17. The van der Waals surface area contributed by atoms with Crippen LogP contribution in [0.2, 0.25) is 0 Å². The summed E-state index contributed by atoms with van der Waals surface area (Å²) >= 11 is 0. The summed E-state index contributed by atoms with van der Waals surface area (Å²) in [6.45, 7) is 0. The predicted molar refractivity (Wildman–Crippen MR) is 73.7 cm³/mol. The van der Waals surface area contributed by atoms with Gasteiger partial charge in [0.05, 0.1) is 12.1 Å². The standard InChI is InChI=1S/C15H26N2O2/c18-12-6-3-5-11(9-12)16-15(19)14-8-10-4-1-2-7-13(10)17-14/h10-14,17-18H,1-9H2,(H,16,19). The van der Waals surface area contributed by atoms with Gasteiger partial charge >= 0.3 is 0 Å². The molecule has 1 aliphatic heterocycles. The molecule has 2 saturated carbocycles. The van der Waals surface area contributed by atoms with Crippen molar-refractivity contribution in [1.82, 2.24) is 10.6 Å². The van der Waals surface area contributed by atoms with Crippen LogP contribution in [-0.4, -0.2) is 35.2 Å². The van der Waals surface area contributed by atoms with Gasteiger partial charge in [-0.05, 0) is 50.9 Å². The van der Waals surface area contributed by atoms with E-state index in [1.807, 2.05) is 0 Å². The molecule has 1 heterocycles. The van der Waals surface area contributed by atoms with Gasteiger partial charge < -0.3 is 15.7 Å². The number of aliphatic hydroxyl groups excluding tert-OH is 1. The number of amides is 1. The van der Waals surface area contributed by atoms with Crippen molar-refractivity contribution in [3.8, 4) is 0 Å². The number of carbonyl (C=O) groups is 1. The molecule has 19 heavy (non-hydrogen) atoms. The summed E-state index contributed by atoms with van der Waals surface area (Å²) in [5, 5.41) is 16.3. The van der Waals surface area contributed by atoms with E-state index >= 15 is 0 Å². The maximum atomic E-state index is 12.3. The third-order valence-corrected chi connectivity index (χ3v) is 5.17. The third kappa shape index (κ3) is 3.11. The highest BCUT2D eigenvalue weighted by Crippen LogP contribution is 2.33. The Morgan fingerprint density at radius 3 is 2.68 bits per heavy atom. The fourth-order valence-corrected chi connectivity index (χ4v) is 4.12. The number of rotatable bonds is 2. The molecule has 5 atom stereocenters.